The maximum absolute atomic E-state index is 12.8. The van der Waals surface area contributed by atoms with Crippen molar-refractivity contribution in [3.8, 4) is 0 Å². The van der Waals surface area contributed by atoms with Crippen LogP contribution in [0.1, 0.15) is 11.3 Å². The van der Waals surface area contributed by atoms with Gasteiger partial charge in [-0.2, -0.15) is 0 Å². The summed E-state index contributed by atoms with van der Waals surface area (Å²) in [5.41, 5.74) is 1.96. The molecule has 0 bridgehead atoms. The summed E-state index contributed by atoms with van der Waals surface area (Å²) in [4.78, 5) is 0. The summed E-state index contributed by atoms with van der Waals surface area (Å²) >= 11 is 0. The molecule has 0 fully saturated rings. The predicted molar refractivity (Wildman–Crippen MR) is 73.2 cm³/mol. The largest absolute Gasteiger partial charge is 0.460 e. The van der Waals surface area contributed by atoms with E-state index in [-0.39, 0.29) is 5.82 Å². The highest BCUT2D eigenvalue weighted by Crippen LogP contribution is 2.18. The van der Waals surface area contributed by atoms with Crippen LogP contribution in [0.2, 0.25) is 0 Å². The minimum absolute atomic E-state index is 0.207. The summed E-state index contributed by atoms with van der Waals surface area (Å²) in [5.74, 6) is 0.698. The fourth-order valence-corrected chi connectivity index (χ4v) is 2.06. The van der Waals surface area contributed by atoms with Crippen molar-refractivity contribution in [2.45, 2.75) is 13.1 Å². The van der Waals surface area contributed by atoms with E-state index in [2.05, 4.69) is 5.32 Å². The zero-order valence-electron chi connectivity index (χ0n) is 10.4. The number of nitrogens with one attached hydrogen (secondary N) is 1. The first kappa shape index (κ1) is 11.9. The third-order valence-corrected chi connectivity index (χ3v) is 3.02. The van der Waals surface area contributed by atoms with E-state index in [1.54, 1.807) is 12.1 Å². The Kier molecular flexibility index (Phi) is 3.29. The molecule has 0 radical (unpaired) electrons. The van der Waals surface area contributed by atoms with Crippen LogP contribution in [0.15, 0.2) is 59.0 Å². The third kappa shape index (κ3) is 2.83. The molecule has 96 valence electrons. The van der Waals surface area contributed by atoms with E-state index >= 15 is 0 Å². The van der Waals surface area contributed by atoms with E-state index in [9.17, 15) is 4.39 Å². The van der Waals surface area contributed by atoms with Gasteiger partial charge in [0.1, 0.15) is 17.2 Å². The summed E-state index contributed by atoms with van der Waals surface area (Å²) < 4.78 is 18.5. The highest BCUT2D eigenvalue weighted by Gasteiger charge is 2.02. The molecule has 3 rings (SSSR count). The Morgan fingerprint density at radius 1 is 0.947 bits per heavy atom. The average Bonchev–Trinajstić information content (AvgIpc) is 2.83. The van der Waals surface area contributed by atoms with Gasteiger partial charge in [-0.05, 0) is 29.8 Å². The van der Waals surface area contributed by atoms with E-state index < -0.39 is 0 Å². The Bertz CT molecular complexity index is 640. The van der Waals surface area contributed by atoms with Gasteiger partial charge in [-0.25, -0.2) is 4.39 Å². The van der Waals surface area contributed by atoms with Crippen molar-refractivity contribution >= 4 is 11.0 Å². The number of benzene rings is 2. The van der Waals surface area contributed by atoms with Gasteiger partial charge in [0.05, 0.1) is 6.54 Å². The minimum Gasteiger partial charge on any atom is -0.460 e. The van der Waals surface area contributed by atoms with Crippen molar-refractivity contribution in [3.63, 3.8) is 0 Å². The molecule has 0 aliphatic carbocycles. The van der Waals surface area contributed by atoms with Crippen molar-refractivity contribution in [1.29, 1.82) is 0 Å². The van der Waals surface area contributed by atoms with E-state index in [4.69, 9.17) is 4.42 Å². The lowest BCUT2D eigenvalue weighted by atomic mass is 10.2. The monoisotopic (exact) mass is 255 g/mol. The van der Waals surface area contributed by atoms with Crippen LogP contribution in [-0.4, -0.2) is 0 Å². The lowest BCUT2D eigenvalue weighted by Gasteiger charge is -2.02. The summed E-state index contributed by atoms with van der Waals surface area (Å²) in [6, 6.07) is 16.5. The highest BCUT2D eigenvalue weighted by molar-refractivity contribution is 5.77. The highest BCUT2D eigenvalue weighted by atomic mass is 19.1. The molecule has 3 heteroatoms. The van der Waals surface area contributed by atoms with Crippen molar-refractivity contribution in [2.75, 3.05) is 0 Å². The first-order valence-corrected chi connectivity index (χ1v) is 6.24. The standard InChI is InChI=1S/C16H14FNO/c17-14-7-5-12(6-8-14)10-18-11-15-9-13-3-1-2-4-16(13)19-15/h1-9,18H,10-11H2. The van der Waals surface area contributed by atoms with Gasteiger partial charge in [-0.3, -0.25) is 0 Å². The van der Waals surface area contributed by atoms with Gasteiger partial charge in [0.25, 0.3) is 0 Å². The summed E-state index contributed by atoms with van der Waals surface area (Å²) in [6.45, 7) is 1.35. The fraction of sp³-hybridized carbons (Fsp3) is 0.125. The maximum Gasteiger partial charge on any atom is 0.134 e. The molecule has 19 heavy (non-hydrogen) atoms. The number of fused-ring (bicyclic) bond motifs is 1. The van der Waals surface area contributed by atoms with E-state index in [0.717, 1.165) is 22.3 Å². The molecular formula is C16H14FNO. The number of hydrogen-bond acceptors (Lipinski definition) is 2. The quantitative estimate of drug-likeness (QED) is 0.765. The third-order valence-electron chi connectivity index (χ3n) is 3.02. The molecule has 0 aliphatic rings. The molecular weight excluding hydrogens is 241 g/mol. The number of para-hydroxylation sites is 1. The fourth-order valence-electron chi connectivity index (χ4n) is 2.06. The van der Waals surface area contributed by atoms with Crippen LogP contribution in [0.25, 0.3) is 11.0 Å². The molecule has 2 nitrogen and oxygen atoms in total. The van der Waals surface area contributed by atoms with Crippen LogP contribution >= 0.6 is 0 Å². The second-order valence-corrected chi connectivity index (χ2v) is 4.48. The lowest BCUT2D eigenvalue weighted by Crippen LogP contribution is -2.11. The molecule has 0 saturated heterocycles. The molecule has 0 aliphatic heterocycles. The molecule has 2 aromatic carbocycles. The van der Waals surface area contributed by atoms with Crippen molar-refractivity contribution in [3.05, 3.63) is 71.7 Å². The summed E-state index contributed by atoms with van der Waals surface area (Å²) in [5, 5.41) is 4.39. The van der Waals surface area contributed by atoms with Crippen LogP contribution in [0.5, 0.6) is 0 Å². The Balaban J connectivity index is 1.61. The second-order valence-electron chi connectivity index (χ2n) is 4.48. The SMILES string of the molecule is Fc1ccc(CNCc2cc3ccccc3o2)cc1. The second kappa shape index (κ2) is 5.24. The van der Waals surface area contributed by atoms with Crippen LogP contribution in [-0.2, 0) is 13.1 Å². The molecule has 1 N–H and O–H groups in total. The number of hydrogen-bond donors (Lipinski definition) is 1. The smallest absolute Gasteiger partial charge is 0.134 e. The topological polar surface area (TPSA) is 25.2 Å². The first-order valence-electron chi connectivity index (χ1n) is 6.24. The van der Waals surface area contributed by atoms with Gasteiger partial charge < -0.3 is 9.73 Å². The predicted octanol–water partition coefficient (Wildman–Crippen LogP) is 3.86. The first-order chi connectivity index (χ1) is 9.31. The van der Waals surface area contributed by atoms with E-state index in [1.807, 2.05) is 30.3 Å². The van der Waals surface area contributed by atoms with E-state index in [0.29, 0.717) is 13.1 Å². The van der Waals surface area contributed by atoms with Crippen LogP contribution in [0.3, 0.4) is 0 Å². The Morgan fingerprint density at radius 3 is 2.53 bits per heavy atom. The molecule has 1 aromatic heterocycles. The van der Waals surface area contributed by atoms with Gasteiger partial charge in [-0.15, -0.1) is 0 Å². The van der Waals surface area contributed by atoms with Crippen molar-refractivity contribution < 1.29 is 8.81 Å². The van der Waals surface area contributed by atoms with Gasteiger partial charge in [0.15, 0.2) is 0 Å². The Labute approximate surface area is 110 Å². The lowest BCUT2D eigenvalue weighted by molar-refractivity contribution is 0.513. The van der Waals surface area contributed by atoms with Gasteiger partial charge in [0, 0.05) is 11.9 Å². The van der Waals surface area contributed by atoms with E-state index in [1.165, 1.54) is 12.1 Å². The van der Waals surface area contributed by atoms with Crippen molar-refractivity contribution in [1.82, 2.24) is 5.32 Å². The molecule has 3 aromatic rings. The van der Waals surface area contributed by atoms with Gasteiger partial charge in [0.2, 0.25) is 0 Å². The number of furan rings is 1. The molecule has 0 amide bonds. The molecule has 0 spiro atoms. The molecule has 1 heterocycles. The number of halogens is 1. The van der Waals surface area contributed by atoms with Crippen LogP contribution < -0.4 is 5.32 Å². The van der Waals surface area contributed by atoms with Crippen LogP contribution in [0.4, 0.5) is 4.39 Å². The summed E-state index contributed by atoms with van der Waals surface area (Å²) in [6.07, 6.45) is 0. The summed E-state index contributed by atoms with van der Waals surface area (Å²) in [7, 11) is 0. The molecule has 0 saturated carbocycles. The Hall–Kier alpha value is -2.13. The Morgan fingerprint density at radius 2 is 1.74 bits per heavy atom. The average molecular weight is 255 g/mol. The zero-order chi connectivity index (χ0) is 13.1. The van der Waals surface area contributed by atoms with Crippen molar-refractivity contribution in [2.24, 2.45) is 0 Å². The van der Waals surface area contributed by atoms with Crippen LogP contribution in [0, 0.1) is 5.82 Å². The van der Waals surface area contributed by atoms with Gasteiger partial charge >= 0.3 is 0 Å². The minimum atomic E-state index is -0.207. The maximum atomic E-state index is 12.8. The molecule has 0 unspecified atom stereocenters. The van der Waals surface area contributed by atoms with Gasteiger partial charge in [-0.1, -0.05) is 30.3 Å². The number of rotatable bonds is 4. The molecule has 0 atom stereocenters. The zero-order valence-corrected chi connectivity index (χ0v) is 10.4. The normalized spacial score (nSPS) is 11.0.